The maximum atomic E-state index is 10.6. The van der Waals surface area contributed by atoms with Gasteiger partial charge in [0.2, 0.25) is 0 Å². The first-order chi connectivity index (χ1) is 14.7. The maximum Gasteiger partial charge on any atom is 0.490 e. The maximum absolute atomic E-state index is 10.6. The van der Waals surface area contributed by atoms with Crippen LogP contribution in [0.2, 0.25) is 0 Å². The molecule has 0 atom stereocenters. The Morgan fingerprint density at radius 3 is 1.84 bits per heavy atom. The van der Waals surface area contributed by atoms with Gasteiger partial charge in [-0.3, -0.25) is 4.79 Å². The summed E-state index contributed by atoms with van der Waals surface area (Å²) in [7, 11) is 0. The smallest absolute Gasteiger partial charge is 0.490 e. The molecule has 0 saturated heterocycles. The number of aliphatic carboxylic acids is 2. The van der Waals surface area contributed by atoms with E-state index in [0.717, 1.165) is 24.5 Å². The molecule has 170 valence electrons. The summed E-state index contributed by atoms with van der Waals surface area (Å²) in [5, 5.41) is 18.8. The van der Waals surface area contributed by atoms with Gasteiger partial charge in [-0.15, -0.1) is 0 Å². The van der Waals surface area contributed by atoms with Gasteiger partial charge in [-0.1, -0.05) is 30.3 Å². The fourth-order valence-electron chi connectivity index (χ4n) is 2.14. The van der Waals surface area contributed by atoms with Crippen molar-refractivity contribution in [1.82, 2.24) is 5.32 Å². The fourth-order valence-corrected chi connectivity index (χ4v) is 2.14. The first kappa shape index (κ1) is 25.8. The lowest BCUT2D eigenvalue weighted by Gasteiger charge is -2.09. The zero-order chi connectivity index (χ0) is 23.1. The minimum atomic E-state index is -5.08. The van der Waals surface area contributed by atoms with Crippen molar-refractivity contribution >= 4 is 11.9 Å². The van der Waals surface area contributed by atoms with E-state index < -0.39 is 18.1 Å². The molecule has 0 spiro atoms. The minimum absolute atomic E-state index is 0.151. The molecule has 0 radical (unpaired) electrons. The zero-order valence-electron chi connectivity index (χ0n) is 16.6. The van der Waals surface area contributed by atoms with Crippen molar-refractivity contribution in [2.75, 3.05) is 26.3 Å². The average molecular weight is 443 g/mol. The number of hydrogen-bond acceptors (Lipinski definition) is 5. The van der Waals surface area contributed by atoms with Gasteiger partial charge in [-0.2, -0.15) is 13.2 Å². The summed E-state index contributed by atoms with van der Waals surface area (Å²) in [6.07, 6.45) is -4.07. The van der Waals surface area contributed by atoms with Gasteiger partial charge in [0.15, 0.2) is 0 Å². The number of halogens is 3. The molecule has 2 rings (SSSR count). The Kier molecular flexibility index (Phi) is 11.5. The quantitative estimate of drug-likeness (QED) is 0.457. The molecule has 3 N–H and O–H groups in total. The van der Waals surface area contributed by atoms with E-state index in [9.17, 15) is 18.0 Å². The number of hydrogen-bond donors (Lipinski definition) is 3. The molecule has 0 bridgehead atoms. The third kappa shape index (κ3) is 12.8. The normalized spacial score (nSPS) is 10.5. The Morgan fingerprint density at radius 2 is 1.35 bits per heavy atom. The molecule has 7 nitrogen and oxygen atoms in total. The second kappa shape index (κ2) is 13.9. The molecule has 0 aliphatic carbocycles. The molecular weight excluding hydrogens is 419 g/mol. The second-order valence-corrected chi connectivity index (χ2v) is 6.10. The number of carbonyl (C=O) groups is 2. The summed E-state index contributed by atoms with van der Waals surface area (Å²) in [4.78, 5) is 19.3. The molecule has 0 aliphatic heterocycles. The summed E-state index contributed by atoms with van der Waals surface area (Å²) in [6.45, 7) is 2.25. The van der Waals surface area contributed by atoms with Crippen LogP contribution in [0.15, 0.2) is 54.6 Å². The van der Waals surface area contributed by atoms with Gasteiger partial charge in [0.25, 0.3) is 0 Å². The molecule has 0 amide bonds. The number of benzene rings is 2. The Bertz CT molecular complexity index is 782. The van der Waals surface area contributed by atoms with Crippen LogP contribution in [0.4, 0.5) is 13.2 Å². The van der Waals surface area contributed by atoms with Crippen LogP contribution in [-0.4, -0.2) is 54.6 Å². The van der Waals surface area contributed by atoms with Crippen LogP contribution in [0, 0.1) is 0 Å². The van der Waals surface area contributed by atoms with E-state index in [4.69, 9.17) is 24.5 Å². The van der Waals surface area contributed by atoms with Crippen LogP contribution in [-0.2, 0) is 16.0 Å². The third-order valence-electron chi connectivity index (χ3n) is 3.64. The molecule has 0 heterocycles. The number of para-hydroxylation sites is 1. The second-order valence-electron chi connectivity index (χ2n) is 6.10. The predicted molar refractivity (Wildman–Crippen MR) is 106 cm³/mol. The SMILES string of the molecule is O=C(O)C(F)(F)F.O=C(O)CCNCCc1ccc(OCCOc2ccccc2)cc1. The van der Waals surface area contributed by atoms with Crippen LogP contribution < -0.4 is 14.8 Å². The van der Waals surface area contributed by atoms with Crippen molar-refractivity contribution in [2.24, 2.45) is 0 Å². The van der Waals surface area contributed by atoms with Gasteiger partial charge in [-0.05, 0) is 42.8 Å². The van der Waals surface area contributed by atoms with E-state index in [0.29, 0.717) is 19.8 Å². The molecule has 2 aromatic rings. The van der Waals surface area contributed by atoms with Crippen LogP contribution in [0.1, 0.15) is 12.0 Å². The first-order valence-corrected chi connectivity index (χ1v) is 9.30. The molecule has 10 heteroatoms. The van der Waals surface area contributed by atoms with Gasteiger partial charge < -0.3 is 25.0 Å². The Morgan fingerprint density at radius 1 is 0.839 bits per heavy atom. The van der Waals surface area contributed by atoms with Crippen molar-refractivity contribution in [3.05, 3.63) is 60.2 Å². The number of rotatable bonds is 11. The summed E-state index contributed by atoms with van der Waals surface area (Å²) >= 11 is 0. The number of alkyl halides is 3. The van der Waals surface area contributed by atoms with Crippen molar-refractivity contribution in [2.45, 2.75) is 19.0 Å². The highest BCUT2D eigenvalue weighted by Gasteiger charge is 2.38. The lowest BCUT2D eigenvalue weighted by Crippen LogP contribution is -2.21. The van der Waals surface area contributed by atoms with E-state index in [1.807, 2.05) is 54.6 Å². The lowest BCUT2D eigenvalue weighted by atomic mass is 10.1. The summed E-state index contributed by atoms with van der Waals surface area (Å²) in [5.74, 6) is -1.88. The van der Waals surface area contributed by atoms with E-state index in [1.165, 1.54) is 5.56 Å². The van der Waals surface area contributed by atoms with E-state index in [2.05, 4.69) is 5.32 Å². The topological polar surface area (TPSA) is 105 Å². The Hall–Kier alpha value is -3.27. The predicted octanol–water partition coefficient (Wildman–Crippen LogP) is 3.38. The summed E-state index contributed by atoms with van der Waals surface area (Å²) in [6, 6.07) is 17.6. The van der Waals surface area contributed by atoms with E-state index >= 15 is 0 Å². The monoisotopic (exact) mass is 443 g/mol. The molecule has 0 saturated carbocycles. The van der Waals surface area contributed by atoms with Crippen LogP contribution in [0.25, 0.3) is 0 Å². The molecule has 31 heavy (non-hydrogen) atoms. The number of carboxylic acid groups (broad SMARTS) is 2. The van der Waals surface area contributed by atoms with Gasteiger partial charge in [0, 0.05) is 6.54 Å². The fraction of sp³-hybridized carbons (Fsp3) is 0.333. The molecule has 0 unspecified atom stereocenters. The van der Waals surface area contributed by atoms with Crippen molar-refractivity contribution in [1.29, 1.82) is 0 Å². The molecule has 2 aromatic carbocycles. The average Bonchev–Trinajstić information content (AvgIpc) is 2.72. The molecule has 0 aliphatic rings. The highest BCUT2D eigenvalue weighted by molar-refractivity contribution is 5.73. The lowest BCUT2D eigenvalue weighted by molar-refractivity contribution is -0.192. The molecule has 0 fully saturated rings. The minimum Gasteiger partial charge on any atom is -0.490 e. The van der Waals surface area contributed by atoms with Gasteiger partial charge in [-0.25, -0.2) is 4.79 Å². The molecular formula is C21H24F3NO6. The first-order valence-electron chi connectivity index (χ1n) is 9.30. The van der Waals surface area contributed by atoms with Crippen molar-refractivity contribution in [3.8, 4) is 11.5 Å². The van der Waals surface area contributed by atoms with Crippen LogP contribution in [0.5, 0.6) is 11.5 Å². The van der Waals surface area contributed by atoms with Crippen molar-refractivity contribution < 1.29 is 42.4 Å². The Balaban J connectivity index is 0.000000592. The van der Waals surface area contributed by atoms with Crippen LogP contribution in [0.3, 0.4) is 0 Å². The van der Waals surface area contributed by atoms with Crippen LogP contribution >= 0.6 is 0 Å². The van der Waals surface area contributed by atoms with Gasteiger partial charge in [0.1, 0.15) is 24.7 Å². The van der Waals surface area contributed by atoms with E-state index in [-0.39, 0.29) is 6.42 Å². The molecule has 0 aromatic heterocycles. The Labute approximate surface area is 177 Å². The number of ether oxygens (including phenoxy) is 2. The standard InChI is InChI=1S/C19H23NO4.C2HF3O2/c21-19(22)11-13-20-12-10-16-6-8-18(9-7-16)24-15-14-23-17-4-2-1-3-5-17;3-2(4,5)1(6)7/h1-9,20H,10-15H2,(H,21,22);(H,6,7). The summed E-state index contributed by atoms with van der Waals surface area (Å²) in [5.41, 5.74) is 1.19. The number of carboxylic acids is 2. The highest BCUT2D eigenvalue weighted by Crippen LogP contribution is 2.14. The summed E-state index contributed by atoms with van der Waals surface area (Å²) < 4.78 is 43.0. The third-order valence-corrected chi connectivity index (χ3v) is 3.64. The highest BCUT2D eigenvalue weighted by atomic mass is 19.4. The van der Waals surface area contributed by atoms with Gasteiger partial charge >= 0.3 is 18.1 Å². The number of nitrogens with one attached hydrogen (secondary N) is 1. The van der Waals surface area contributed by atoms with Crippen molar-refractivity contribution in [3.63, 3.8) is 0 Å². The van der Waals surface area contributed by atoms with Gasteiger partial charge in [0.05, 0.1) is 6.42 Å². The largest absolute Gasteiger partial charge is 0.490 e. The zero-order valence-corrected chi connectivity index (χ0v) is 16.6. The van der Waals surface area contributed by atoms with E-state index in [1.54, 1.807) is 0 Å².